The third-order valence-electron chi connectivity index (χ3n) is 4.71. The molecule has 5 nitrogen and oxygen atoms in total. The van der Waals surface area contributed by atoms with Crippen molar-refractivity contribution in [2.24, 2.45) is 0 Å². The molecular weight excluding hydrogens is 292 g/mol. The number of likely N-dealkylation sites (tertiary alicyclic amines) is 1. The second-order valence-corrected chi connectivity index (χ2v) is 6.94. The summed E-state index contributed by atoms with van der Waals surface area (Å²) in [5, 5.41) is 3.04. The van der Waals surface area contributed by atoms with Gasteiger partial charge in [-0.05, 0) is 51.9 Å². The Kier molecular flexibility index (Phi) is 4.76. The summed E-state index contributed by atoms with van der Waals surface area (Å²) in [5.41, 5.74) is -0.0382. The van der Waals surface area contributed by atoms with Crippen LogP contribution in [0.25, 0.3) is 0 Å². The first-order chi connectivity index (χ1) is 11.1. The third-order valence-corrected chi connectivity index (χ3v) is 4.71. The Morgan fingerprint density at radius 1 is 1.22 bits per heavy atom. The van der Waals surface area contributed by atoms with Gasteiger partial charge in [-0.2, -0.15) is 0 Å². The van der Waals surface area contributed by atoms with Gasteiger partial charge in [-0.3, -0.25) is 9.69 Å². The number of nitrogens with one attached hydrogen (secondary N) is 1. The number of benzene rings is 1. The summed E-state index contributed by atoms with van der Waals surface area (Å²) < 4.78 is 11.4. The summed E-state index contributed by atoms with van der Waals surface area (Å²) in [7, 11) is 0. The molecule has 1 fully saturated rings. The lowest BCUT2D eigenvalue weighted by molar-refractivity contribution is -0.131. The molecule has 23 heavy (non-hydrogen) atoms. The van der Waals surface area contributed by atoms with Gasteiger partial charge in [-0.15, -0.1) is 0 Å². The van der Waals surface area contributed by atoms with Crippen molar-refractivity contribution < 1.29 is 14.3 Å². The lowest BCUT2D eigenvalue weighted by atomic mass is 9.98. The molecule has 3 rings (SSSR count). The Labute approximate surface area is 137 Å². The number of rotatable bonds is 4. The zero-order valence-corrected chi connectivity index (χ0v) is 14.0. The van der Waals surface area contributed by atoms with Crippen LogP contribution in [-0.2, 0) is 4.79 Å². The van der Waals surface area contributed by atoms with Gasteiger partial charge in [0.25, 0.3) is 5.91 Å². The summed E-state index contributed by atoms with van der Waals surface area (Å²) >= 11 is 0. The lowest BCUT2D eigenvalue weighted by Gasteiger charge is -2.41. The van der Waals surface area contributed by atoms with E-state index in [1.54, 1.807) is 0 Å². The fourth-order valence-electron chi connectivity index (χ4n) is 3.18. The maximum absolute atomic E-state index is 12.4. The van der Waals surface area contributed by atoms with Crippen LogP contribution in [0.1, 0.15) is 33.1 Å². The zero-order chi connectivity index (χ0) is 16.3. The predicted octanol–water partition coefficient (Wildman–Crippen LogP) is 2.21. The molecule has 126 valence electrons. The first kappa shape index (κ1) is 16.1. The van der Waals surface area contributed by atoms with Crippen molar-refractivity contribution in [2.75, 3.05) is 26.2 Å². The molecule has 1 aromatic carbocycles. The normalized spacial score (nSPS) is 21.7. The van der Waals surface area contributed by atoms with Gasteiger partial charge < -0.3 is 14.8 Å². The molecule has 0 saturated carbocycles. The molecule has 0 aliphatic carbocycles. The first-order valence-corrected chi connectivity index (χ1v) is 8.47. The minimum atomic E-state index is -0.581. The predicted molar refractivity (Wildman–Crippen MR) is 88.9 cm³/mol. The highest BCUT2D eigenvalue weighted by Gasteiger charge is 2.31. The Morgan fingerprint density at radius 2 is 1.91 bits per heavy atom. The minimum Gasteiger partial charge on any atom is -0.485 e. The molecule has 5 heteroatoms. The monoisotopic (exact) mass is 318 g/mol. The van der Waals surface area contributed by atoms with Crippen molar-refractivity contribution in [2.45, 2.75) is 44.8 Å². The standard InChI is InChI=1S/C18H26N2O3/c1-18(2,20-10-6-3-7-11-20)13-19-17(21)16-12-22-14-8-4-5-9-15(14)23-16/h4-5,8-9,16H,3,6-7,10-13H2,1-2H3,(H,19,21). The number of ether oxygens (including phenoxy) is 2. The maximum atomic E-state index is 12.4. The van der Waals surface area contributed by atoms with Crippen molar-refractivity contribution in [3.8, 4) is 11.5 Å². The second kappa shape index (κ2) is 6.79. The van der Waals surface area contributed by atoms with E-state index in [4.69, 9.17) is 9.47 Å². The number of fused-ring (bicyclic) bond motifs is 1. The van der Waals surface area contributed by atoms with Crippen LogP contribution in [0.15, 0.2) is 24.3 Å². The molecule has 1 amide bonds. The van der Waals surface area contributed by atoms with Gasteiger partial charge in [0, 0.05) is 12.1 Å². The van der Waals surface area contributed by atoms with Crippen molar-refractivity contribution >= 4 is 5.91 Å². The number of nitrogens with zero attached hydrogens (tertiary/aromatic N) is 1. The highest BCUT2D eigenvalue weighted by atomic mass is 16.6. The maximum Gasteiger partial charge on any atom is 0.264 e. The van der Waals surface area contributed by atoms with Crippen LogP contribution in [0.3, 0.4) is 0 Å². The van der Waals surface area contributed by atoms with E-state index in [2.05, 4.69) is 24.1 Å². The molecule has 0 bridgehead atoms. The Balaban J connectivity index is 1.53. The molecule has 0 radical (unpaired) electrons. The van der Waals surface area contributed by atoms with Gasteiger partial charge in [0.2, 0.25) is 6.10 Å². The molecule has 1 unspecified atom stereocenters. The topological polar surface area (TPSA) is 50.8 Å². The number of carbonyl (C=O) groups excluding carboxylic acids is 1. The van der Waals surface area contributed by atoms with E-state index in [0.29, 0.717) is 18.0 Å². The number of carbonyl (C=O) groups is 1. The van der Waals surface area contributed by atoms with E-state index >= 15 is 0 Å². The second-order valence-electron chi connectivity index (χ2n) is 6.94. The zero-order valence-electron chi connectivity index (χ0n) is 14.0. The van der Waals surface area contributed by atoms with Gasteiger partial charge in [0.15, 0.2) is 11.5 Å². The van der Waals surface area contributed by atoms with Crippen LogP contribution in [0, 0.1) is 0 Å². The van der Waals surface area contributed by atoms with Crippen LogP contribution >= 0.6 is 0 Å². The quantitative estimate of drug-likeness (QED) is 0.925. The van der Waals surface area contributed by atoms with Gasteiger partial charge in [-0.25, -0.2) is 0 Å². The SMILES string of the molecule is CC(C)(CNC(=O)C1COc2ccccc2O1)N1CCCCC1. The number of hydrogen-bond donors (Lipinski definition) is 1. The van der Waals surface area contributed by atoms with Crippen LogP contribution in [0.5, 0.6) is 11.5 Å². The van der Waals surface area contributed by atoms with E-state index < -0.39 is 6.10 Å². The molecule has 2 aliphatic rings. The smallest absolute Gasteiger partial charge is 0.264 e. The van der Waals surface area contributed by atoms with Gasteiger partial charge in [-0.1, -0.05) is 18.6 Å². The van der Waals surface area contributed by atoms with Crippen LogP contribution in [0.2, 0.25) is 0 Å². The largest absolute Gasteiger partial charge is 0.485 e. The van der Waals surface area contributed by atoms with E-state index in [1.165, 1.54) is 19.3 Å². The van der Waals surface area contributed by atoms with Gasteiger partial charge in [0.05, 0.1) is 0 Å². The first-order valence-electron chi connectivity index (χ1n) is 8.47. The summed E-state index contributed by atoms with van der Waals surface area (Å²) in [6.45, 7) is 7.47. The summed E-state index contributed by atoms with van der Waals surface area (Å²) in [4.78, 5) is 14.9. The van der Waals surface area contributed by atoms with Crippen molar-refractivity contribution in [3.05, 3.63) is 24.3 Å². The van der Waals surface area contributed by atoms with E-state index in [9.17, 15) is 4.79 Å². The molecule has 1 N–H and O–H groups in total. The van der Waals surface area contributed by atoms with Crippen LogP contribution in [-0.4, -0.2) is 48.7 Å². The molecule has 1 aromatic rings. The van der Waals surface area contributed by atoms with Crippen molar-refractivity contribution in [1.29, 1.82) is 0 Å². The average Bonchev–Trinajstić information content (AvgIpc) is 2.60. The average molecular weight is 318 g/mol. The number of piperidine rings is 1. The minimum absolute atomic E-state index is 0.0382. The van der Waals surface area contributed by atoms with Crippen molar-refractivity contribution in [3.63, 3.8) is 0 Å². The lowest BCUT2D eigenvalue weighted by Crippen LogP contribution is -2.55. The van der Waals surface area contributed by atoms with Gasteiger partial charge in [0.1, 0.15) is 6.61 Å². The highest BCUT2D eigenvalue weighted by molar-refractivity contribution is 5.81. The van der Waals surface area contributed by atoms with Gasteiger partial charge >= 0.3 is 0 Å². The van der Waals surface area contributed by atoms with Crippen molar-refractivity contribution in [1.82, 2.24) is 10.2 Å². The van der Waals surface area contributed by atoms with E-state index in [0.717, 1.165) is 13.1 Å². The third kappa shape index (κ3) is 3.78. The summed E-state index contributed by atoms with van der Waals surface area (Å²) in [6, 6.07) is 7.45. The molecule has 1 saturated heterocycles. The Morgan fingerprint density at radius 3 is 2.65 bits per heavy atom. The number of hydrogen-bond acceptors (Lipinski definition) is 4. The fourth-order valence-corrected chi connectivity index (χ4v) is 3.18. The molecule has 2 heterocycles. The highest BCUT2D eigenvalue weighted by Crippen LogP contribution is 2.30. The number of amides is 1. The molecule has 2 aliphatic heterocycles. The fraction of sp³-hybridized carbons (Fsp3) is 0.611. The molecule has 0 spiro atoms. The van der Waals surface area contributed by atoms with Crippen LogP contribution in [0.4, 0.5) is 0 Å². The summed E-state index contributed by atoms with van der Waals surface area (Å²) in [6.07, 6.45) is 3.22. The number of para-hydroxylation sites is 2. The Hall–Kier alpha value is -1.75. The van der Waals surface area contributed by atoms with E-state index in [-0.39, 0.29) is 18.1 Å². The molecular formula is C18H26N2O3. The molecule has 0 aromatic heterocycles. The summed E-state index contributed by atoms with van der Waals surface area (Å²) in [5.74, 6) is 1.23. The molecule has 1 atom stereocenters. The Bertz CT molecular complexity index is 553. The van der Waals surface area contributed by atoms with Crippen LogP contribution < -0.4 is 14.8 Å². The van der Waals surface area contributed by atoms with E-state index in [1.807, 2.05) is 24.3 Å².